The summed E-state index contributed by atoms with van der Waals surface area (Å²) in [5, 5.41) is 6.60. The van der Waals surface area contributed by atoms with Gasteiger partial charge in [0, 0.05) is 46.4 Å². The van der Waals surface area contributed by atoms with Crippen molar-refractivity contribution in [3.63, 3.8) is 0 Å². The topological polar surface area (TPSA) is 48.9 Å². The first-order valence-corrected chi connectivity index (χ1v) is 9.64. The molecule has 1 aromatic rings. The summed E-state index contributed by atoms with van der Waals surface area (Å²) in [5.74, 6) is 0.885. The van der Waals surface area contributed by atoms with Gasteiger partial charge in [-0.2, -0.15) is 0 Å². The predicted molar refractivity (Wildman–Crippen MR) is 105 cm³/mol. The Bertz CT molecular complexity index is 484. The van der Waals surface area contributed by atoms with Crippen LogP contribution in [0.5, 0.6) is 0 Å². The Hall–Kier alpha value is -1.59. The van der Waals surface area contributed by atoms with E-state index in [1.165, 1.54) is 5.56 Å². The van der Waals surface area contributed by atoms with Gasteiger partial charge in [0.05, 0.1) is 6.10 Å². The molecule has 0 bridgehead atoms. The monoisotopic (exact) mass is 346 g/mol. The molecule has 1 fully saturated rings. The molecule has 5 nitrogen and oxygen atoms in total. The number of aliphatic imine (C=N–C) groups is 1. The standard InChI is InChI=1S/C20H34N4O/c1-3-12-22-20(21-2)23-13-7-16-25-19-10-14-24(15-11-19)17-18-8-5-4-6-9-18/h4-6,8-9,19H,3,7,10-17H2,1-2H3,(H2,21,22,23). The molecule has 1 aliphatic rings. The average molecular weight is 347 g/mol. The van der Waals surface area contributed by atoms with Crippen LogP contribution in [0.1, 0.15) is 38.2 Å². The van der Waals surface area contributed by atoms with Gasteiger partial charge in [-0.15, -0.1) is 0 Å². The van der Waals surface area contributed by atoms with Gasteiger partial charge >= 0.3 is 0 Å². The molecule has 140 valence electrons. The minimum atomic E-state index is 0.421. The molecule has 1 aromatic carbocycles. The van der Waals surface area contributed by atoms with Crippen LogP contribution in [0.25, 0.3) is 0 Å². The maximum absolute atomic E-state index is 6.05. The normalized spacial score (nSPS) is 16.8. The fraction of sp³-hybridized carbons (Fsp3) is 0.650. The van der Waals surface area contributed by atoms with Crippen molar-refractivity contribution < 1.29 is 4.74 Å². The first kappa shape index (κ1) is 19.7. The van der Waals surface area contributed by atoms with E-state index in [4.69, 9.17) is 4.74 Å². The number of hydrogen-bond donors (Lipinski definition) is 2. The Balaban J connectivity index is 1.52. The summed E-state index contributed by atoms with van der Waals surface area (Å²) < 4.78 is 6.05. The molecule has 25 heavy (non-hydrogen) atoms. The molecule has 1 aliphatic heterocycles. The van der Waals surface area contributed by atoms with Gasteiger partial charge in [0.15, 0.2) is 5.96 Å². The fourth-order valence-electron chi connectivity index (χ4n) is 3.07. The molecule has 0 saturated carbocycles. The minimum absolute atomic E-state index is 0.421. The highest BCUT2D eigenvalue weighted by atomic mass is 16.5. The molecular formula is C20H34N4O. The fourth-order valence-corrected chi connectivity index (χ4v) is 3.07. The molecule has 5 heteroatoms. The van der Waals surface area contributed by atoms with Crippen molar-refractivity contribution in [2.24, 2.45) is 4.99 Å². The lowest BCUT2D eigenvalue weighted by Crippen LogP contribution is -2.39. The molecule has 0 spiro atoms. The van der Waals surface area contributed by atoms with Gasteiger partial charge in [0.1, 0.15) is 0 Å². The van der Waals surface area contributed by atoms with E-state index in [9.17, 15) is 0 Å². The van der Waals surface area contributed by atoms with Crippen LogP contribution in [0.2, 0.25) is 0 Å². The number of nitrogens with one attached hydrogen (secondary N) is 2. The van der Waals surface area contributed by atoms with E-state index >= 15 is 0 Å². The SMILES string of the molecule is CCCNC(=NC)NCCCOC1CCN(Cc2ccccc2)CC1. The largest absolute Gasteiger partial charge is 0.378 e. The van der Waals surface area contributed by atoms with Crippen LogP contribution in [0.3, 0.4) is 0 Å². The van der Waals surface area contributed by atoms with Gasteiger partial charge in [-0.3, -0.25) is 9.89 Å². The van der Waals surface area contributed by atoms with Crippen LogP contribution in [-0.2, 0) is 11.3 Å². The lowest BCUT2D eigenvalue weighted by Gasteiger charge is -2.32. The second-order valence-corrected chi connectivity index (χ2v) is 6.61. The molecule has 0 unspecified atom stereocenters. The van der Waals surface area contributed by atoms with Crippen LogP contribution in [0.15, 0.2) is 35.3 Å². The number of guanidine groups is 1. The molecule has 1 heterocycles. The molecule has 0 radical (unpaired) electrons. The molecule has 0 aliphatic carbocycles. The maximum Gasteiger partial charge on any atom is 0.190 e. The van der Waals surface area contributed by atoms with Gasteiger partial charge in [-0.25, -0.2) is 0 Å². The predicted octanol–water partition coefficient (Wildman–Crippen LogP) is 2.63. The zero-order valence-electron chi connectivity index (χ0n) is 15.8. The number of likely N-dealkylation sites (tertiary alicyclic amines) is 1. The highest BCUT2D eigenvalue weighted by Crippen LogP contribution is 2.16. The Morgan fingerprint density at radius 1 is 1.16 bits per heavy atom. The first-order valence-electron chi connectivity index (χ1n) is 9.64. The summed E-state index contributed by atoms with van der Waals surface area (Å²) >= 11 is 0. The van der Waals surface area contributed by atoms with Crippen LogP contribution in [0.4, 0.5) is 0 Å². The summed E-state index contributed by atoms with van der Waals surface area (Å²) in [7, 11) is 1.81. The second-order valence-electron chi connectivity index (χ2n) is 6.61. The summed E-state index contributed by atoms with van der Waals surface area (Å²) in [6.07, 6.45) is 4.81. The van der Waals surface area contributed by atoms with Crippen LogP contribution < -0.4 is 10.6 Å². The van der Waals surface area contributed by atoms with Gasteiger partial charge in [-0.1, -0.05) is 37.3 Å². The first-order chi connectivity index (χ1) is 12.3. The van der Waals surface area contributed by atoms with E-state index in [1.54, 1.807) is 0 Å². The summed E-state index contributed by atoms with van der Waals surface area (Å²) in [6.45, 7) is 8.15. The summed E-state index contributed by atoms with van der Waals surface area (Å²) in [4.78, 5) is 6.73. The zero-order valence-corrected chi connectivity index (χ0v) is 15.8. The number of hydrogen-bond acceptors (Lipinski definition) is 3. The van der Waals surface area contributed by atoms with Crippen molar-refractivity contribution in [3.8, 4) is 0 Å². The van der Waals surface area contributed by atoms with E-state index in [-0.39, 0.29) is 0 Å². The number of rotatable bonds is 9. The Labute approximate surface area is 152 Å². The zero-order chi connectivity index (χ0) is 17.7. The number of piperidine rings is 1. The van der Waals surface area contributed by atoms with E-state index < -0.39 is 0 Å². The van der Waals surface area contributed by atoms with Gasteiger partial charge in [0.25, 0.3) is 0 Å². The number of benzene rings is 1. The third-order valence-corrected chi connectivity index (χ3v) is 4.52. The van der Waals surface area contributed by atoms with Crippen LogP contribution >= 0.6 is 0 Å². The van der Waals surface area contributed by atoms with Crippen molar-refractivity contribution in [2.75, 3.05) is 39.8 Å². The second kappa shape index (κ2) is 11.9. The Morgan fingerprint density at radius 3 is 2.56 bits per heavy atom. The number of nitrogens with zero attached hydrogens (tertiary/aromatic N) is 2. The quantitative estimate of drug-likeness (QED) is 0.410. The average Bonchev–Trinajstić information content (AvgIpc) is 2.66. The minimum Gasteiger partial charge on any atom is -0.378 e. The lowest BCUT2D eigenvalue weighted by atomic mass is 10.1. The van der Waals surface area contributed by atoms with Crippen molar-refractivity contribution >= 4 is 5.96 Å². The third-order valence-electron chi connectivity index (χ3n) is 4.52. The van der Waals surface area contributed by atoms with Crippen molar-refractivity contribution in [1.29, 1.82) is 0 Å². The van der Waals surface area contributed by atoms with Crippen molar-refractivity contribution in [2.45, 2.75) is 45.3 Å². The molecule has 0 amide bonds. The van der Waals surface area contributed by atoms with E-state index in [0.717, 1.165) is 71.0 Å². The molecular weight excluding hydrogens is 312 g/mol. The molecule has 0 aromatic heterocycles. The van der Waals surface area contributed by atoms with Crippen molar-refractivity contribution in [1.82, 2.24) is 15.5 Å². The van der Waals surface area contributed by atoms with Gasteiger partial charge in [-0.05, 0) is 31.2 Å². The van der Waals surface area contributed by atoms with Gasteiger partial charge in [0.2, 0.25) is 0 Å². The van der Waals surface area contributed by atoms with Crippen LogP contribution in [-0.4, -0.2) is 56.8 Å². The summed E-state index contributed by atoms with van der Waals surface area (Å²) in [5.41, 5.74) is 1.40. The third kappa shape index (κ3) is 7.88. The molecule has 2 rings (SSSR count). The van der Waals surface area contributed by atoms with E-state index in [0.29, 0.717) is 6.10 Å². The van der Waals surface area contributed by atoms with Crippen molar-refractivity contribution in [3.05, 3.63) is 35.9 Å². The van der Waals surface area contributed by atoms with E-state index in [1.807, 2.05) is 7.05 Å². The number of ether oxygens (including phenoxy) is 1. The molecule has 1 saturated heterocycles. The molecule has 2 N–H and O–H groups in total. The smallest absolute Gasteiger partial charge is 0.190 e. The highest BCUT2D eigenvalue weighted by Gasteiger charge is 2.19. The molecule has 0 atom stereocenters. The van der Waals surface area contributed by atoms with Crippen LogP contribution in [0, 0.1) is 0 Å². The van der Waals surface area contributed by atoms with Gasteiger partial charge < -0.3 is 15.4 Å². The lowest BCUT2D eigenvalue weighted by molar-refractivity contribution is 0.00534. The Kier molecular flexibility index (Phi) is 9.37. The van der Waals surface area contributed by atoms with E-state index in [2.05, 4.69) is 57.8 Å². The highest BCUT2D eigenvalue weighted by molar-refractivity contribution is 5.79. The maximum atomic E-state index is 6.05. The Morgan fingerprint density at radius 2 is 1.88 bits per heavy atom. The summed E-state index contributed by atoms with van der Waals surface area (Å²) in [6, 6.07) is 10.7.